The van der Waals surface area contributed by atoms with Crippen molar-refractivity contribution in [3.63, 3.8) is 0 Å². The van der Waals surface area contributed by atoms with E-state index in [2.05, 4.69) is 6.92 Å². The van der Waals surface area contributed by atoms with Crippen LogP contribution in [0.15, 0.2) is 17.1 Å². The quantitative estimate of drug-likeness (QED) is 0.863. The zero-order chi connectivity index (χ0) is 19.5. The maximum Gasteiger partial charge on any atom is 0.341 e. The van der Waals surface area contributed by atoms with E-state index in [0.717, 1.165) is 31.0 Å². The van der Waals surface area contributed by atoms with Crippen molar-refractivity contribution in [1.82, 2.24) is 4.40 Å². The number of carbonyl (C=O) groups is 1. The summed E-state index contributed by atoms with van der Waals surface area (Å²) in [6, 6.07) is 1.46. The van der Waals surface area contributed by atoms with E-state index in [9.17, 15) is 14.7 Å². The lowest BCUT2D eigenvalue weighted by atomic mass is 9.95. The van der Waals surface area contributed by atoms with Gasteiger partial charge in [-0.05, 0) is 55.2 Å². The number of hydrogen-bond acceptors (Lipinski definition) is 4. The van der Waals surface area contributed by atoms with Gasteiger partial charge in [-0.25, -0.2) is 9.18 Å². The summed E-state index contributed by atoms with van der Waals surface area (Å²) in [5.41, 5.74) is 7.74. The molecule has 0 radical (unpaired) electrons. The van der Waals surface area contributed by atoms with Gasteiger partial charge in [0.05, 0.1) is 17.4 Å². The molecule has 2 aliphatic rings. The summed E-state index contributed by atoms with van der Waals surface area (Å²) in [6.45, 7) is 5.18. The SMILES string of the molecule is Cc1c(N2C[C@H](C)C[C@H](N)C2)c(F)cn2c(=O)c(C(=O)O)cc(C3CC3)c12. The number of fused-ring (bicyclic) bond motifs is 1. The maximum absolute atomic E-state index is 15.1. The largest absolute Gasteiger partial charge is 0.477 e. The Morgan fingerprint density at radius 2 is 2.04 bits per heavy atom. The van der Waals surface area contributed by atoms with Gasteiger partial charge in [-0.2, -0.15) is 0 Å². The number of anilines is 1. The molecule has 1 saturated heterocycles. The summed E-state index contributed by atoms with van der Waals surface area (Å²) in [6.07, 6.45) is 3.94. The number of aromatic nitrogens is 1. The molecule has 0 unspecified atom stereocenters. The van der Waals surface area contributed by atoms with Crippen LogP contribution in [0.1, 0.15) is 53.6 Å². The van der Waals surface area contributed by atoms with E-state index in [-0.39, 0.29) is 17.5 Å². The van der Waals surface area contributed by atoms with Crippen LogP contribution >= 0.6 is 0 Å². The first-order valence-corrected chi connectivity index (χ1v) is 9.40. The molecule has 4 rings (SSSR count). The minimum absolute atomic E-state index is 0.0248. The average molecular weight is 373 g/mol. The van der Waals surface area contributed by atoms with Crippen LogP contribution in [0.4, 0.5) is 10.1 Å². The van der Waals surface area contributed by atoms with Crippen LogP contribution in [-0.4, -0.2) is 34.6 Å². The molecule has 144 valence electrons. The number of aryl methyl sites for hydroxylation is 1. The number of nitrogens with zero attached hydrogens (tertiary/aromatic N) is 2. The zero-order valence-corrected chi connectivity index (χ0v) is 15.5. The van der Waals surface area contributed by atoms with Crippen molar-refractivity contribution < 1.29 is 14.3 Å². The number of nitrogens with two attached hydrogens (primary N) is 1. The van der Waals surface area contributed by atoms with E-state index in [1.54, 1.807) is 0 Å². The Morgan fingerprint density at radius 3 is 2.63 bits per heavy atom. The maximum atomic E-state index is 15.1. The van der Waals surface area contributed by atoms with Gasteiger partial charge in [0.1, 0.15) is 5.56 Å². The third-order valence-corrected chi connectivity index (χ3v) is 5.70. The van der Waals surface area contributed by atoms with Gasteiger partial charge in [-0.3, -0.25) is 9.20 Å². The molecule has 1 saturated carbocycles. The molecule has 7 heteroatoms. The highest BCUT2D eigenvalue weighted by Crippen LogP contribution is 2.44. The van der Waals surface area contributed by atoms with Gasteiger partial charge in [0.2, 0.25) is 0 Å². The molecule has 0 amide bonds. The van der Waals surface area contributed by atoms with E-state index < -0.39 is 17.3 Å². The third-order valence-electron chi connectivity index (χ3n) is 5.70. The highest BCUT2D eigenvalue weighted by Gasteiger charge is 2.32. The number of carboxylic acid groups (broad SMARTS) is 1. The minimum Gasteiger partial charge on any atom is -0.477 e. The molecule has 0 aromatic carbocycles. The van der Waals surface area contributed by atoms with Crippen LogP contribution in [-0.2, 0) is 0 Å². The van der Waals surface area contributed by atoms with E-state index in [0.29, 0.717) is 35.8 Å². The van der Waals surface area contributed by atoms with Gasteiger partial charge in [0, 0.05) is 19.1 Å². The summed E-state index contributed by atoms with van der Waals surface area (Å²) >= 11 is 0. The normalized spacial score (nSPS) is 23.0. The van der Waals surface area contributed by atoms with Gasteiger partial charge in [0.25, 0.3) is 5.56 Å². The summed E-state index contributed by atoms with van der Waals surface area (Å²) in [7, 11) is 0. The van der Waals surface area contributed by atoms with Crippen molar-refractivity contribution in [2.75, 3.05) is 18.0 Å². The fraction of sp³-hybridized carbons (Fsp3) is 0.500. The predicted octanol–water partition coefficient (Wildman–Crippen LogP) is 2.50. The Morgan fingerprint density at radius 1 is 1.33 bits per heavy atom. The molecule has 3 N–H and O–H groups in total. The Kier molecular flexibility index (Phi) is 4.22. The van der Waals surface area contributed by atoms with Crippen molar-refractivity contribution in [3.05, 3.63) is 45.1 Å². The van der Waals surface area contributed by atoms with Crippen LogP contribution in [0, 0.1) is 18.7 Å². The summed E-state index contributed by atoms with van der Waals surface area (Å²) < 4.78 is 16.3. The number of rotatable bonds is 3. The fourth-order valence-electron chi connectivity index (χ4n) is 4.47. The highest BCUT2D eigenvalue weighted by atomic mass is 19.1. The fourth-order valence-corrected chi connectivity index (χ4v) is 4.47. The van der Waals surface area contributed by atoms with E-state index >= 15 is 4.39 Å². The molecule has 27 heavy (non-hydrogen) atoms. The summed E-state index contributed by atoms with van der Waals surface area (Å²) in [4.78, 5) is 26.1. The van der Waals surface area contributed by atoms with Crippen molar-refractivity contribution in [2.45, 2.75) is 45.1 Å². The first kappa shape index (κ1) is 18.0. The van der Waals surface area contributed by atoms with Crippen molar-refractivity contribution in [1.29, 1.82) is 0 Å². The number of pyridine rings is 2. The molecule has 6 nitrogen and oxygen atoms in total. The lowest BCUT2D eigenvalue weighted by Gasteiger charge is -2.37. The molecule has 1 aliphatic heterocycles. The summed E-state index contributed by atoms with van der Waals surface area (Å²) in [5, 5.41) is 9.38. The van der Waals surface area contributed by atoms with Crippen molar-refractivity contribution in [3.8, 4) is 0 Å². The topological polar surface area (TPSA) is 88.0 Å². The smallest absolute Gasteiger partial charge is 0.341 e. The first-order valence-electron chi connectivity index (χ1n) is 9.40. The van der Waals surface area contributed by atoms with E-state index in [4.69, 9.17) is 5.73 Å². The monoisotopic (exact) mass is 373 g/mol. The Balaban J connectivity index is 1.98. The lowest BCUT2D eigenvalue weighted by molar-refractivity contribution is 0.0694. The minimum atomic E-state index is -1.28. The van der Waals surface area contributed by atoms with Crippen LogP contribution in [0.3, 0.4) is 0 Å². The third kappa shape index (κ3) is 3.00. The Labute approximate surface area is 156 Å². The zero-order valence-electron chi connectivity index (χ0n) is 15.5. The van der Waals surface area contributed by atoms with Crippen molar-refractivity contribution >= 4 is 17.2 Å². The van der Waals surface area contributed by atoms with Gasteiger partial charge in [0.15, 0.2) is 5.82 Å². The molecule has 2 aromatic rings. The number of halogens is 1. The van der Waals surface area contributed by atoms with Gasteiger partial charge < -0.3 is 15.7 Å². The predicted molar refractivity (Wildman–Crippen MR) is 101 cm³/mol. The Hall–Kier alpha value is -2.41. The molecule has 2 aromatic heterocycles. The Bertz CT molecular complexity index is 986. The number of aromatic carboxylic acids is 1. The highest BCUT2D eigenvalue weighted by molar-refractivity contribution is 5.89. The average Bonchev–Trinajstić information content (AvgIpc) is 3.39. The molecule has 2 atom stereocenters. The van der Waals surface area contributed by atoms with Gasteiger partial charge >= 0.3 is 5.97 Å². The van der Waals surface area contributed by atoms with Crippen LogP contribution in [0.2, 0.25) is 0 Å². The second kappa shape index (κ2) is 6.34. The van der Waals surface area contributed by atoms with Crippen LogP contribution in [0.5, 0.6) is 0 Å². The van der Waals surface area contributed by atoms with Gasteiger partial charge in [-0.15, -0.1) is 0 Å². The van der Waals surface area contributed by atoms with Crippen LogP contribution in [0.25, 0.3) is 5.52 Å². The van der Waals surface area contributed by atoms with Crippen LogP contribution < -0.4 is 16.2 Å². The summed E-state index contributed by atoms with van der Waals surface area (Å²) in [5.74, 6) is -1.23. The second-order valence-electron chi connectivity index (χ2n) is 8.07. The molecular formula is C20H24FN3O3. The number of hydrogen-bond donors (Lipinski definition) is 2. The molecule has 2 fully saturated rings. The van der Waals surface area contributed by atoms with Crippen molar-refractivity contribution in [2.24, 2.45) is 11.7 Å². The molecular weight excluding hydrogens is 349 g/mol. The lowest BCUT2D eigenvalue weighted by Crippen LogP contribution is -2.47. The van der Waals surface area contributed by atoms with E-state index in [1.807, 2.05) is 11.8 Å². The number of piperidine rings is 1. The molecule has 0 bridgehead atoms. The molecule has 3 heterocycles. The number of carboxylic acids is 1. The molecule has 0 spiro atoms. The first-order chi connectivity index (χ1) is 12.8. The van der Waals surface area contributed by atoms with Gasteiger partial charge in [-0.1, -0.05) is 6.92 Å². The standard InChI is InChI=1S/C20H24FN3O3/c1-10-5-13(22)8-23(7-10)18-11(2)17-14(12-3-4-12)6-15(20(26)27)19(25)24(17)9-16(18)21/h6,9-10,12-13H,3-5,7-8,22H2,1-2H3,(H,26,27)/t10-,13+/m1/s1. The second-order valence-corrected chi connectivity index (χ2v) is 8.07. The molecule has 1 aliphatic carbocycles. The van der Waals surface area contributed by atoms with E-state index in [1.165, 1.54) is 10.5 Å².